The molecule has 0 spiro atoms. The fraction of sp³-hybridized carbons (Fsp3) is 0.231. The Labute approximate surface area is 182 Å². The minimum atomic E-state index is -0.0955. The van der Waals surface area contributed by atoms with Gasteiger partial charge in [0.05, 0.1) is 11.7 Å². The van der Waals surface area contributed by atoms with Crippen LogP contribution in [0.5, 0.6) is 5.75 Å². The van der Waals surface area contributed by atoms with Crippen LogP contribution in [-0.4, -0.2) is 25.0 Å². The van der Waals surface area contributed by atoms with E-state index in [9.17, 15) is 9.59 Å². The lowest BCUT2D eigenvalue weighted by atomic mass is 9.98. The summed E-state index contributed by atoms with van der Waals surface area (Å²) in [4.78, 5) is 26.8. The Hall–Kier alpha value is -3.60. The number of amides is 2. The molecule has 0 aromatic heterocycles. The first-order valence-electron chi connectivity index (χ1n) is 10.6. The Bertz CT molecular complexity index is 1020. The van der Waals surface area contributed by atoms with Crippen molar-refractivity contribution in [3.8, 4) is 5.75 Å². The van der Waals surface area contributed by atoms with Crippen molar-refractivity contribution in [2.24, 2.45) is 0 Å². The van der Waals surface area contributed by atoms with E-state index in [1.165, 1.54) is 5.56 Å². The number of ether oxygens (including phenoxy) is 1. The summed E-state index contributed by atoms with van der Waals surface area (Å²) in [6.45, 7) is 0.525. The molecule has 0 saturated carbocycles. The second kappa shape index (κ2) is 9.94. The first-order valence-corrected chi connectivity index (χ1v) is 10.6. The number of carbonyl (C=O) groups excluding carboxylic acids is 2. The smallest absolute Gasteiger partial charge is 0.265 e. The molecule has 1 heterocycles. The number of nitrogens with one attached hydrogen (secondary N) is 1. The Morgan fingerprint density at radius 1 is 0.935 bits per heavy atom. The summed E-state index contributed by atoms with van der Waals surface area (Å²) in [5, 5.41) is 3.18. The third kappa shape index (κ3) is 5.31. The summed E-state index contributed by atoms with van der Waals surface area (Å²) in [5.41, 5.74) is 3.02. The normalized spacial score (nSPS) is 13.8. The van der Waals surface area contributed by atoms with Gasteiger partial charge in [-0.2, -0.15) is 0 Å². The highest BCUT2D eigenvalue weighted by molar-refractivity contribution is 5.97. The zero-order valence-electron chi connectivity index (χ0n) is 17.4. The maximum Gasteiger partial charge on any atom is 0.265 e. The highest BCUT2D eigenvalue weighted by atomic mass is 16.5. The van der Waals surface area contributed by atoms with Crippen molar-refractivity contribution in [2.45, 2.75) is 25.3 Å². The molecule has 1 aliphatic rings. The van der Waals surface area contributed by atoms with Crippen molar-refractivity contribution >= 4 is 17.5 Å². The van der Waals surface area contributed by atoms with Gasteiger partial charge in [-0.15, -0.1) is 0 Å². The van der Waals surface area contributed by atoms with Crippen LogP contribution >= 0.6 is 0 Å². The Morgan fingerprint density at radius 3 is 2.39 bits per heavy atom. The molecule has 0 aliphatic carbocycles. The number of hydrogen-bond donors (Lipinski definition) is 1. The van der Waals surface area contributed by atoms with Crippen molar-refractivity contribution in [1.82, 2.24) is 5.32 Å². The third-order valence-electron chi connectivity index (χ3n) is 5.41. The molecular formula is C26H26N2O3. The van der Waals surface area contributed by atoms with Crippen LogP contribution in [0, 0.1) is 0 Å². The van der Waals surface area contributed by atoms with Gasteiger partial charge >= 0.3 is 0 Å². The first-order chi connectivity index (χ1) is 15.2. The van der Waals surface area contributed by atoms with Crippen LogP contribution in [0.3, 0.4) is 0 Å². The van der Waals surface area contributed by atoms with E-state index < -0.39 is 0 Å². The van der Waals surface area contributed by atoms with E-state index >= 15 is 0 Å². The van der Waals surface area contributed by atoms with Gasteiger partial charge in [0.25, 0.3) is 5.91 Å². The molecule has 1 N–H and O–H groups in total. The molecule has 0 saturated heterocycles. The lowest BCUT2D eigenvalue weighted by molar-refractivity contribution is -0.123. The lowest BCUT2D eigenvalue weighted by Gasteiger charge is -2.29. The molecule has 2 amide bonds. The van der Waals surface area contributed by atoms with Gasteiger partial charge in [0.2, 0.25) is 5.91 Å². The van der Waals surface area contributed by atoms with E-state index in [1.54, 1.807) is 4.90 Å². The van der Waals surface area contributed by atoms with Gasteiger partial charge < -0.3 is 15.0 Å². The van der Waals surface area contributed by atoms with Gasteiger partial charge in [0.15, 0.2) is 6.61 Å². The van der Waals surface area contributed by atoms with Crippen molar-refractivity contribution < 1.29 is 14.3 Å². The number of rotatable bonds is 8. The van der Waals surface area contributed by atoms with Crippen LogP contribution in [-0.2, 0) is 16.0 Å². The predicted octanol–water partition coefficient (Wildman–Crippen LogP) is 4.29. The molecule has 158 valence electrons. The average molecular weight is 415 g/mol. The fourth-order valence-electron chi connectivity index (χ4n) is 3.85. The van der Waals surface area contributed by atoms with Crippen LogP contribution in [0.15, 0.2) is 84.9 Å². The van der Waals surface area contributed by atoms with Crippen LogP contribution in [0.1, 0.15) is 30.0 Å². The second-order valence-electron chi connectivity index (χ2n) is 7.63. The van der Waals surface area contributed by atoms with Crippen molar-refractivity contribution in [3.63, 3.8) is 0 Å². The topological polar surface area (TPSA) is 58.6 Å². The van der Waals surface area contributed by atoms with E-state index in [0.29, 0.717) is 25.1 Å². The largest absolute Gasteiger partial charge is 0.482 e. The molecule has 31 heavy (non-hydrogen) atoms. The Morgan fingerprint density at radius 2 is 1.61 bits per heavy atom. The van der Waals surface area contributed by atoms with Crippen LogP contribution in [0.25, 0.3) is 0 Å². The highest BCUT2D eigenvalue weighted by Crippen LogP contribution is 2.31. The molecule has 5 heteroatoms. The molecule has 4 rings (SSSR count). The van der Waals surface area contributed by atoms with Crippen LogP contribution in [0.2, 0.25) is 0 Å². The van der Waals surface area contributed by atoms with E-state index in [4.69, 9.17) is 4.74 Å². The summed E-state index contributed by atoms with van der Waals surface area (Å²) in [7, 11) is 0. The standard InChI is InChI=1S/C26H26N2O3/c29-25(16-9-17-28-23-14-7-8-15-24(23)31-19-26(28)30)27-22(21-12-5-2-6-13-21)18-20-10-3-1-4-11-20/h1-8,10-15,22H,9,16-19H2,(H,27,29)/t22-/m1/s1. The van der Waals surface area contributed by atoms with E-state index in [1.807, 2.05) is 72.8 Å². The van der Waals surface area contributed by atoms with Gasteiger partial charge in [-0.1, -0.05) is 72.8 Å². The molecule has 5 nitrogen and oxygen atoms in total. The number of carbonyl (C=O) groups is 2. The number of para-hydroxylation sites is 2. The summed E-state index contributed by atoms with van der Waals surface area (Å²) in [6, 6.07) is 27.6. The molecule has 0 unspecified atom stereocenters. The first kappa shape index (κ1) is 20.7. The van der Waals surface area contributed by atoms with Crippen LogP contribution < -0.4 is 15.0 Å². The number of anilines is 1. The van der Waals surface area contributed by atoms with Gasteiger partial charge in [0.1, 0.15) is 5.75 Å². The maximum absolute atomic E-state index is 12.7. The third-order valence-corrected chi connectivity index (χ3v) is 5.41. The number of fused-ring (bicyclic) bond motifs is 1. The van der Waals surface area contributed by atoms with E-state index in [-0.39, 0.29) is 24.5 Å². The number of benzene rings is 3. The predicted molar refractivity (Wildman–Crippen MR) is 121 cm³/mol. The minimum absolute atomic E-state index is 0.0150. The zero-order valence-corrected chi connectivity index (χ0v) is 17.4. The molecule has 1 atom stereocenters. The Balaban J connectivity index is 1.37. The fourth-order valence-corrected chi connectivity index (χ4v) is 3.85. The SMILES string of the molecule is O=C(CCCN1C(=O)COc2ccccc21)N[C@H](Cc1ccccc1)c1ccccc1. The van der Waals surface area contributed by atoms with Gasteiger partial charge in [-0.3, -0.25) is 9.59 Å². The molecule has 0 fully saturated rings. The maximum atomic E-state index is 12.7. The van der Waals surface area contributed by atoms with E-state index in [2.05, 4.69) is 17.4 Å². The van der Waals surface area contributed by atoms with E-state index in [0.717, 1.165) is 17.7 Å². The summed E-state index contributed by atoms with van der Waals surface area (Å²) < 4.78 is 5.48. The second-order valence-corrected chi connectivity index (χ2v) is 7.63. The number of nitrogens with zero attached hydrogens (tertiary/aromatic N) is 1. The number of hydrogen-bond acceptors (Lipinski definition) is 3. The van der Waals surface area contributed by atoms with Crippen LogP contribution in [0.4, 0.5) is 5.69 Å². The molecule has 3 aromatic rings. The molecule has 1 aliphatic heterocycles. The van der Waals surface area contributed by atoms with Gasteiger partial charge in [-0.05, 0) is 36.1 Å². The minimum Gasteiger partial charge on any atom is -0.482 e. The quantitative estimate of drug-likeness (QED) is 0.598. The molecule has 0 radical (unpaired) electrons. The lowest BCUT2D eigenvalue weighted by Crippen LogP contribution is -2.39. The van der Waals surface area contributed by atoms with Gasteiger partial charge in [-0.25, -0.2) is 0 Å². The summed E-state index contributed by atoms with van der Waals surface area (Å²) >= 11 is 0. The zero-order chi connectivity index (χ0) is 21.5. The highest BCUT2D eigenvalue weighted by Gasteiger charge is 2.25. The van der Waals surface area contributed by atoms with Gasteiger partial charge in [0, 0.05) is 13.0 Å². The average Bonchev–Trinajstić information content (AvgIpc) is 2.81. The molecular weight excluding hydrogens is 388 g/mol. The summed E-state index contributed by atoms with van der Waals surface area (Å²) in [6.07, 6.45) is 1.66. The van der Waals surface area contributed by atoms with Crippen molar-refractivity contribution in [2.75, 3.05) is 18.1 Å². The monoisotopic (exact) mass is 414 g/mol. The summed E-state index contributed by atoms with van der Waals surface area (Å²) in [5.74, 6) is 0.614. The Kier molecular flexibility index (Phi) is 6.62. The molecule has 0 bridgehead atoms. The van der Waals surface area contributed by atoms with Crippen molar-refractivity contribution in [1.29, 1.82) is 0 Å². The molecule has 3 aromatic carbocycles. The van der Waals surface area contributed by atoms with Crippen molar-refractivity contribution in [3.05, 3.63) is 96.1 Å².